The summed E-state index contributed by atoms with van der Waals surface area (Å²) in [5.41, 5.74) is 2.57. The number of thioether (sulfide) groups is 1. The van der Waals surface area contributed by atoms with Gasteiger partial charge in [-0.15, -0.1) is 10.2 Å². The number of aromatic nitrogens is 3. The van der Waals surface area contributed by atoms with E-state index in [1.54, 1.807) is 6.33 Å². The van der Waals surface area contributed by atoms with Crippen molar-refractivity contribution >= 4 is 23.4 Å². The highest BCUT2D eigenvalue weighted by molar-refractivity contribution is 7.99. The average molecular weight is 395 g/mol. The fourth-order valence-electron chi connectivity index (χ4n) is 2.71. The Morgan fingerprint density at radius 2 is 2.00 bits per heavy atom. The van der Waals surface area contributed by atoms with E-state index in [4.69, 9.17) is 5.26 Å². The number of hydrogen-bond donors (Lipinski definition) is 0. The normalized spacial score (nSPS) is 10.5. The Bertz CT molecular complexity index is 996. The average Bonchev–Trinajstić information content (AvgIpc) is 3.16. The summed E-state index contributed by atoms with van der Waals surface area (Å²) >= 11 is 1.27. The number of halogens is 1. The van der Waals surface area contributed by atoms with Crippen LogP contribution in [0.3, 0.4) is 0 Å². The summed E-state index contributed by atoms with van der Waals surface area (Å²) in [5, 5.41) is 17.6. The van der Waals surface area contributed by atoms with E-state index < -0.39 is 0 Å². The van der Waals surface area contributed by atoms with E-state index in [1.165, 1.54) is 40.9 Å². The second-order valence-electron chi connectivity index (χ2n) is 5.99. The summed E-state index contributed by atoms with van der Waals surface area (Å²) in [5.74, 6) is -0.448. The summed E-state index contributed by atoms with van der Waals surface area (Å²) in [4.78, 5) is 14.3. The molecule has 1 aromatic heterocycles. The van der Waals surface area contributed by atoms with Crippen molar-refractivity contribution < 1.29 is 9.18 Å². The van der Waals surface area contributed by atoms with Crippen LogP contribution in [0.1, 0.15) is 12.0 Å². The van der Waals surface area contributed by atoms with Gasteiger partial charge in [-0.3, -0.25) is 9.36 Å². The molecule has 0 atom stereocenters. The van der Waals surface area contributed by atoms with E-state index in [0.29, 0.717) is 10.8 Å². The van der Waals surface area contributed by atoms with Crippen LogP contribution in [-0.2, 0) is 4.79 Å². The second kappa shape index (κ2) is 9.15. The zero-order chi connectivity index (χ0) is 19.9. The second-order valence-corrected chi connectivity index (χ2v) is 6.93. The Kier molecular flexibility index (Phi) is 6.40. The first-order chi connectivity index (χ1) is 13.6. The van der Waals surface area contributed by atoms with Crippen LogP contribution in [0.5, 0.6) is 0 Å². The lowest BCUT2D eigenvalue weighted by Crippen LogP contribution is -2.33. The Balaban J connectivity index is 1.75. The van der Waals surface area contributed by atoms with Gasteiger partial charge in [-0.1, -0.05) is 30.0 Å². The van der Waals surface area contributed by atoms with E-state index in [0.717, 1.165) is 11.3 Å². The van der Waals surface area contributed by atoms with E-state index >= 15 is 0 Å². The zero-order valence-electron chi connectivity index (χ0n) is 15.2. The largest absolute Gasteiger partial charge is 0.311 e. The first-order valence-electron chi connectivity index (χ1n) is 8.62. The molecule has 0 aliphatic rings. The summed E-state index contributed by atoms with van der Waals surface area (Å²) in [6, 6.07) is 15.5. The molecule has 0 fully saturated rings. The highest BCUT2D eigenvalue weighted by Gasteiger charge is 2.18. The molecule has 142 valence electrons. The molecular formula is C20H18FN5OS. The topological polar surface area (TPSA) is 74.8 Å². The minimum absolute atomic E-state index is 0.118. The molecule has 0 N–H and O–H groups in total. The molecule has 0 unspecified atom stereocenters. The number of para-hydroxylation sites is 1. The minimum Gasteiger partial charge on any atom is -0.311 e. The zero-order valence-corrected chi connectivity index (χ0v) is 16.1. The lowest BCUT2D eigenvalue weighted by Gasteiger charge is -2.21. The summed E-state index contributed by atoms with van der Waals surface area (Å²) < 4.78 is 15.0. The van der Waals surface area contributed by atoms with Crippen molar-refractivity contribution in [2.75, 3.05) is 17.2 Å². The van der Waals surface area contributed by atoms with Gasteiger partial charge in [-0.2, -0.15) is 5.26 Å². The summed E-state index contributed by atoms with van der Waals surface area (Å²) in [6.45, 7) is 2.24. The molecule has 6 nitrogen and oxygen atoms in total. The van der Waals surface area contributed by atoms with Crippen molar-refractivity contribution in [3.05, 3.63) is 66.2 Å². The van der Waals surface area contributed by atoms with Gasteiger partial charge in [0.05, 0.1) is 23.9 Å². The first kappa shape index (κ1) is 19.6. The maximum Gasteiger partial charge on any atom is 0.237 e. The molecule has 8 heteroatoms. The number of rotatable bonds is 7. The Morgan fingerprint density at radius 3 is 2.71 bits per heavy atom. The van der Waals surface area contributed by atoms with Gasteiger partial charge in [0.15, 0.2) is 5.16 Å². The number of benzene rings is 2. The van der Waals surface area contributed by atoms with Crippen LogP contribution in [0.25, 0.3) is 5.69 Å². The standard InChI is InChI=1S/C20H18FN5OS/c1-15-5-2-3-6-18(15)26-14-23-24-20(26)28-13-19(27)25(12-4-11-22)17-9-7-16(21)8-10-17/h2-3,5-10,14H,4,12-13H2,1H3. The van der Waals surface area contributed by atoms with Crippen LogP contribution in [0, 0.1) is 24.1 Å². The Hall–Kier alpha value is -3.18. The third-order valence-electron chi connectivity index (χ3n) is 4.10. The molecule has 1 amide bonds. The molecular weight excluding hydrogens is 377 g/mol. The summed E-state index contributed by atoms with van der Waals surface area (Å²) in [6.07, 6.45) is 1.80. The maximum absolute atomic E-state index is 13.2. The molecule has 0 bridgehead atoms. The molecule has 0 aliphatic carbocycles. The van der Waals surface area contributed by atoms with Crippen molar-refractivity contribution in [3.63, 3.8) is 0 Å². The molecule has 2 aromatic carbocycles. The number of nitriles is 1. The van der Waals surface area contributed by atoms with Gasteiger partial charge in [0, 0.05) is 12.2 Å². The molecule has 0 saturated carbocycles. The number of aryl methyl sites for hydroxylation is 1. The van der Waals surface area contributed by atoms with Crippen molar-refractivity contribution in [2.24, 2.45) is 0 Å². The molecule has 28 heavy (non-hydrogen) atoms. The molecule has 1 heterocycles. The molecule has 0 saturated heterocycles. The fraction of sp³-hybridized carbons (Fsp3) is 0.200. The first-order valence-corrected chi connectivity index (χ1v) is 9.60. The lowest BCUT2D eigenvalue weighted by molar-refractivity contribution is -0.116. The van der Waals surface area contributed by atoms with Gasteiger partial charge < -0.3 is 4.90 Å². The number of amides is 1. The van der Waals surface area contributed by atoms with E-state index in [2.05, 4.69) is 10.2 Å². The predicted octanol–water partition coefficient (Wildman–Crippen LogP) is 3.75. The third kappa shape index (κ3) is 4.56. The monoisotopic (exact) mass is 395 g/mol. The Labute approximate surface area is 166 Å². The van der Waals surface area contributed by atoms with Crippen molar-refractivity contribution in [3.8, 4) is 11.8 Å². The van der Waals surface area contributed by atoms with Gasteiger partial charge >= 0.3 is 0 Å². The van der Waals surface area contributed by atoms with E-state index in [9.17, 15) is 9.18 Å². The van der Waals surface area contributed by atoms with Crippen LogP contribution in [0.15, 0.2) is 60.0 Å². The number of anilines is 1. The maximum atomic E-state index is 13.2. The van der Waals surface area contributed by atoms with Crippen molar-refractivity contribution in [1.29, 1.82) is 5.26 Å². The minimum atomic E-state index is -0.378. The van der Waals surface area contributed by atoms with Crippen molar-refractivity contribution in [2.45, 2.75) is 18.5 Å². The molecule has 0 aliphatic heterocycles. The van der Waals surface area contributed by atoms with E-state index in [1.807, 2.05) is 41.8 Å². The highest BCUT2D eigenvalue weighted by atomic mass is 32.2. The predicted molar refractivity (Wildman–Crippen MR) is 106 cm³/mol. The quantitative estimate of drug-likeness (QED) is 0.570. The smallest absolute Gasteiger partial charge is 0.237 e. The Morgan fingerprint density at radius 1 is 1.25 bits per heavy atom. The third-order valence-corrected chi connectivity index (χ3v) is 5.03. The van der Waals surface area contributed by atoms with Crippen LogP contribution in [-0.4, -0.2) is 33.0 Å². The number of nitrogens with zero attached hydrogens (tertiary/aromatic N) is 5. The van der Waals surface area contributed by atoms with Gasteiger partial charge in [-0.25, -0.2) is 4.39 Å². The summed E-state index contributed by atoms with van der Waals surface area (Å²) in [7, 11) is 0. The van der Waals surface area contributed by atoms with E-state index in [-0.39, 0.29) is 30.4 Å². The highest BCUT2D eigenvalue weighted by Crippen LogP contribution is 2.23. The lowest BCUT2D eigenvalue weighted by atomic mass is 10.2. The SMILES string of the molecule is Cc1ccccc1-n1cnnc1SCC(=O)N(CCC#N)c1ccc(F)cc1. The van der Waals surface area contributed by atoms with Crippen LogP contribution < -0.4 is 4.90 Å². The molecule has 0 spiro atoms. The van der Waals surface area contributed by atoms with Crippen molar-refractivity contribution in [1.82, 2.24) is 14.8 Å². The molecule has 3 aromatic rings. The fourth-order valence-corrected chi connectivity index (χ4v) is 3.50. The number of hydrogen-bond acceptors (Lipinski definition) is 5. The van der Waals surface area contributed by atoms with Gasteiger partial charge in [0.2, 0.25) is 5.91 Å². The van der Waals surface area contributed by atoms with Gasteiger partial charge in [-0.05, 0) is 42.8 Å². The van der Waals surface area contributed by atoms with Gasteiger partial charge in [0.1, 0.15) is 12.1 Å². The van der Waals surface area contributed by atoms with Crippen LogP contribution in [0.2, 0.25) is 0 Å². The number of carbonyl (C=O) groups excluding carboxylic acids is 1. The molecule has 3 rings (SSSR count). The van der Waals surface area contributed by atoms with Crippen LogP contribution in [0.4, 0.5) is 10.1 Å². The van der Waals surface area contributed by atoms with Gasteiger partial charge in [0.25, 0.3) is 0 Å². The van der Waals surface area contributed by atoms with Crippen LogP contribution >= 0.6 is 11.8 Å². The number of carbonyl (C=O) groups is 1. The molecule has 0 radical (unpaired) electrons.